The van der Waals surface area contributed by atoms with Gasteiger partial charge in [0.15, 0.2) is 0 Å². The fraction of sp³-hybridized carbons (Fsp3) is 0.286. The van der Waals surface area contributed by atoms with E-state index in [1.54, 1.807) is 18.2 Å². The molecule has 1 aliphatic rings. The van der Waals surface area contributed by atoms with Crippen molar-refractivity contribution >= 4 is 17.6 Å². The molecule has 0 heterocycles. The maximum absolute atomic E-state index is 10.4. The first-order valence-electron chi connectivity index (χ1n) is 2.96. The van der Waals surface area contributed by atoms with Crippen LogP contribution in [0.15, 0.2) is 23.3 Å². The van der Waals surface area contributed by atoms with Gasteiger partial charge in [0.1, 0.15) is 0 Å². The van der Waals surface area contributed by atoms with Crippen molar-refractivity contribution < 1.29 is 9.90 Å². The molecule has 2 nitrogen and oxygen atoms in total. The summed E-state index contributed by atoms with van der Waals surface area (Å²) in [4.78, 5) is 10.4. The van der Waals surface area contributed by atoms with Gasteiger partial charge < -0.3 is 5.11 Å². The standard InChI is InChI=1S/C7H7ClO2/c8-6-3-1-2-5(4-6)7(9)10/h1-3,5H,4H2,(H,9,10). The predicted octanol–water partition coefficient (Wildman–Crippen LogP) is 1.77. The van der Waals surface area contributed by atoms with Gasteiger partial charge in [-0.05, 0) is 12.5 Å². The minimum absolute atomic E-state index is 0.424. The SMILES string of the molecule is O=C(O)C1C=CC=C(Cl)C1. The molecule has 1 atom stereocenters. The maximum Gasteiger partial charge on any atom is 0.310 e. The molecule has 1 unspecified atom stereocenters. The lowest BCUT2D eigenvalue weighted by molar-refractivity contribution is -0.140. The zero-order valence-electron chi connectivity index (χ0n) is 5.25. The smallest absolute Gasteiger partial charge is 0.310 e. The molecule has 10 heavy (non-hydrogen) atoms. The van der Waals surface area contributed by atoms with Crippen molar-refractivity contribution in [1.82, 2.24) is 0 Å². The summed E-state index contributed by atoms with van der Waals surface area (Å²) in [5.41, 5.74) is 0. The predicted molar refractivity (Wildman–Crippen MR) is 38.8 cm³/mol. The van der Waals surface area contributed by atoms with E-state index in [-0.39, 0.29) is 0 Å². The molecule has 0 saturated heterocycles. The van der Waals surface area contributed by atoms with Crippen molar-refractivity contribution in [2.24, 2.45) is 5.92 Å². The molecule has 0 aliphatic heterocycles. The van der Waals surface area contributed by atoms with E-state index in [4.69, 9.17) is 16.7 Å². The van der Waals surface area contributed by atoms with Crippen molar-refractivity contribution in [1.29, 1.82) is 0 Å². The Hall–Kier alpha value is -0.760. The monoisotopic (exact) mass is 158 g/mol. The van der Waals surface area contributed by atoms with Crippen molar-refractivity contribution in [3.05, 3.63) is 23.3 Å². The van der Waals surface area contributed by atoms with E-state index in [1.165, 1.54) is 0 Å². The first-order chi connectivity index (χ1) is 4.70. The van der Waals surface area contributed by atoms with Gasteiger partial charge in [0.05, 0.1) is 5.92 Å². The number of carboxylic acids is 1. The molecule has 1 N–H and O–H groups in total. The topological polar surface area (TPSA) is 37.3 Å². The van der Waals surface area contributed by atoms with E-state index in [9.17, 15) is 4.79 Å². The van der Waals surface area contributed by atoms with Crippen molar-refractivity contribution in [2.75, 3.05) is 0 Å². The van der Waals surface area contributed by atoms with Gasteiger partial charge in [-0.25, -0.2) is 0 Å². The lowest BCUT2D eigenvalue weighted by Gasteiger charge is -2.08. The van der Waals surface area contributed by atoms with Gasteiger partial charge in [-0.15, -0.1) is 0 Å². The Morgan fingerprint density at radius 2 is 2.50 bits per heavy atom. The Kier molecular flexibility index (Phi) is 2.12. The van der Waals surface area contributed by atoms with Crippen LogP contribution >= 0.6 is 11.6 Å². The van der Waals surface area contributed by atoms with E-state index >= 15 is 0 Å². The lowest BCUT2D eigenvalue weighted by atomic mass is 10.0. The van der Waals surface area contributed by atoms with Crippen molar-refractivity contribution in [3.8, 4) is 0 Å². The quantitative estimate of drug-likeness (QED) is 0.632. The Labute approximate surface area is 63.8 Å². The first kappa shape index (κ1) is 7.35. The molecule has 0 spiro atoms. The zero-order valence-corrected chi connectivity index (χ0v) is 6.01. The van der Waals surface area contributed by atoms with Crippen molar-refractivity contribution in [2.45, 2.75) is 6.42 Å². The fourth-order valence-corrected chi connectivity index (χ4v) is 1.05. The highest BCUT2D eigenvalue weighted by Gasteiger charge is 2.16. The number of aliphatic carboxylic acids is 1. The molecular formula is C7H7ClO2. The highest BCUT2D eigenvalue weighted by molar-refractivity contribution is 6.29. The van der Waals surface area contributed by atoms with Crippen LogP contribution in [-0.2, 0) is 4.79 Å². The second kappa shape index (κ2) is 2.88. The molecular weight excluding hydrogens is 152 g/mol. The molecule has 0 amide bonds. The third kappa shape index (κ3) is 1.61. The number of carboxylic acid groups (broad SMARTS) is 1. The van der Waals surface area contributed by atoms with E-state index in [1.807, 2.05) is 0 Å². The van der Waals surface area contributed by atoms with Gasteiger partial charge in [-0.2, -0.15) is 0 Å². The van der Waals surface area contributed by atoms with Crippen LogP contribution in [0.3, 0.4) is 0 Å². The van der Waals surface area contributed by atoms with E-state index in [0.29, 0.717) is 11.5 Å². The average Bonchev–Trinajstić information content (AvgIpc) is 1.88. The second-order valence-electron chi connectivity index (χ2n) is 2.15. The van der Waals surface area contributed by atoms with Crippen LogP contribution in [0.25, 0.3) is 0 Å². The zero-order chi connectivity index (χ0) is 7.56. The molecule has 0 aromatic heterocycles. The molecule has 1 rings (SSSR count). The van der Waals surface area contributed by atoms with Crippen LogP contribution in [0.1, 0.15) is 6.42 Å². The average molecular weight is 159 g/mol. The van der Waals surface area contributed by atoms with Gasteiger partial charge in [-0.3, -0.25) is 4.79 Å². The first-order valence-corrected chi connectivity index (χ1v) is 3.33. The molecule has 0 fully saturated rings. The third-order valence-corrected chi connectivity index (χ3v) is 1.63. The summed E-state index contributed by atoms with van der Waals surface area (Å²) < 4.78 is 0. The van der Waals surface area contributed by atoms with Crippen LogP contribution in [0.5, 0.6) is 0 Å². The van der Waals surface area contributed by atoms with Crippen molar-refractivity contribution in [3.63, 3.8) is 0 Å². The minimum Gasteiger partial charge on any atom is -0.481 e. The van der Waals surface area contributed by atoms with Crippen LogP contribution in [-0.4, -0.2) is 11.1 Å². The Morgan fingerprint density at radius 1 is 1.80 bits per heavy atom. The molecule has 0 saturated carbocycles. The normalized spacial score (nSPS) is 24.1. The summed E-state index contributed by atoms with van der Waals surface area (Å²) in [6, 6.07) is 0. The number of hydrogen-bond donors (Lipinski definition) is 1. The molecule has 0 radical (unpaired) electrons. The Morgan fingerprint density at radius 3 is 2.90 bits per heavy atom. The molecule has 0 aromatic rings. The van der Waals surface area contributed by atoms with Crippen LogP contribution in [0, 0.1) is 5.92 Å². The highest BCUT2D eigenvalue weighted by Crippen LogP contribution is 2.20. The summed E-state index contributed by atoms with van der Waals surface area (Å²) in [6.07, 6.45) is 5.44. The van der Waals surface area contributed by atoms with Crippen LogP contribution in [0.4, 0.5) is 0 Å². The van der Waals surface area contributed by atoms with Gasteiger partial charge in [0.2, 0.25) is 0 Å². The van der Waals surface area contributed by atoms with E-state index < -0.39 is 11.9 Å². The molecule has 1 aliphatic carbocycles. The molecule has 0 bridgehead atoms. The maximum atomic E-state index is 10.4. The van der Waals surface area contributed by atoms with Crippen LogP contribution < -0.4 is 0 Å². The number of hydrogen-bond acceptors (Lipinski definition) is 1. The summed E-state index contributed by atoms with van der Waals surface area (Å²) in [5, 5.41) is 9.13. The molecule has 0 aromatic carbocycles. The number of halogens is 1. The lowest BCUT2D eigenvalue weighted by Crippen LogP contribution is -2.12. The van der Waals surface area contributed by atoms with Gasteiger partial charge in [-0.1, -0.05) is 23.8 Å². The highest BCUT2D eigenvalue weighted by atomic mass is 35.5. The van der Waals surface area contributed by atoms with Gasteiger partial charge in [0.25, 0.3) is 0 Å². The largest absolute Gasteiger partial charge is 0.481 e. The number of rotatable bonds is 1. The fourth-order valence-electron chi connectivity index (χ4n) is 0.810. The van der Waals surface area contributed by atoms with Gasteiger partial charge in [0, 0.05) is 5.03 Å². The Bertz CT molecular complexity index is 206. The third-order valence-electron chi connectivity index (χ3n) is 1.35. The summed E-state index contributed by atoms with van der Waals surface area (Å²) in [6.45, 7) is 0. The van der Waals surface area contributed by atoms with E-state index in [0.717, 1.165) is 0 Å². The summed E-state index contributed by atoms with van der Waals surface area (Å²) in [7, 11) is 0. The van der Waals surface area contributed by atoms with Gasteiger partial charge >= 0.3 is 5.97 Å². The molecule has 54 valence electrons. The van der Waals surface area contributed by atoms with E-state index in [2.05, 4.69) is 0 Å². The number of carbonyl (C=O) groups is 1. The minimum atomic E-state index is -0.817. The Balaban J connectivity index is 2.64. The van der Waals surface area contributed by atoms with Crippen LogP contribution in [0.2, 0.25) is 0 Å². The summed E-state index contributed by atoms with van der Waals surface area (Å²) in [5.74, 6) is -1.25. The number of allylic oxidation sites excluding steroid dienone is 3. The second-order valence-corrected chi connectivity index (χ2v) is 2.63. The molecule has 3 heteroatoms. The summed E-state index contributed by atoms with van der Waals surface area (Å²) >= 11 is 5.60.